The number of carbonyl (C=O) groups excluding carboxylic acids is 1. The van der Waals surface area contributed by atoms with Crippen LogP contribution in [0.3, 0.4) is 0 Å². The van der Waals surface area contributed by atoms with E-state index in [1.807, 2.05) is 17.0 Å². The molecule has 2 aliphatic heterocycles. The highest BCUT2D eigenvalue weighted by Crippen LogP contribution is 2.36. The number of carbonyl (C=O) groups is 1. The second-order valence-electron chi connectivity index (χ2n) is 9.02. The summed E-state index contributed by atoms with van der Waals surface area (Å²) in [7, 11) is 0. The van der Waals surface area contributed by atoms with Crippen LogP contribution in [0.5, 0.6) is 0 Å². The number of piperidine rings is 1. The Bertz CT molecular complexity index is 1030. The van der Waals surface area contributed by atoms with Crippen LogP contribution in [-0.4, -0.2) is 47.9 Å². The SMILES string of the molecule is O=C(c1ccc(Cl)cc1)N1C[C@@H](N2CCC(c3ccccc3)CC2)[C@H](c2ccccc2)C1. The standard InChI is InChI=1S/C28H29ClN2O/c29-25-13-11-24(12-14-25)28(32)31-19-26(23-9-5-2-6-10-23)27(20-31)30-17-15-22(16-18-30)21-7-3-1-4-8-21/h1-14,22,26-27H,15-20H2/t26-,27+/m0/s1. The van der Waals surface area contributed by atoms with Crippen LogP contribution in [-0.2, 0) is 0 Å². The van der Waals surface area contributed by atoms with Gasteiger partial charge in [0.25, 0.3) is 5.91 Å². The van der Waals surface area contributed by atoms with Gasteiger partial charge in [0.05, 0.1) is 0 Å². The first kappa shape index (κ1) is 21.2. The lowest BCUT2D eigenvalue weighted by atomic mass is 9.87. The maximum absolute atomic E-state index is 13.3. The van der Waals surface area contributed by atoms with Gasteiger partial charge in [-0.15, -0.1) is 0 Å². The van der Waals surface area contributed by atoms with Crippen LogP contribution in [0, 0.1) is 0 Å². The highest BCUT2D eigenvalue weighted by atomic mass is 35.5. The lowest BCUT2D eigenvalue weighted by molar-refractivity contribution is 0.0769. The van der Waals surface area contributed by atoms with E-state index in [0.29, 0.717) is 28.5 Å². The van der Waals surface area contributed by atoms with Gasteiger partial charge in [-0.3, -0.25) is 9.69 Å². The molecule has 1 amide bonds. The quantitative estimate of drug-likeness (QED) is 0.505. The minimum atomic E-state index is 0.101. The molecule has 0 spiro atoms. The third kappa shape index (κ3) is 4.46. The molecule has 0 aliphatic carbocycles. The third-order valence-electron chi connectivity index (χ3n) is 7.16. The summed E-state index contributed by atoms with van der Waals surface area (Å²) >= 11 is 6.03. The molecule has 0 saturated carbocycles. The summed E-state index contributed by atoms with van der Waals surface area (Å²) in [4.78, 5) is 17.9. The van der Waals surface area contributed by atoms with Gasteiger partial charge in [-0.05, 0) is 67.2 Å². The van der Waals surface area contributed by atoms with E-state index in [-0.39, 0.29) is 5.91 Å². The fourth-order valence-corrected chi connectivity index (χ4v) is 5.54. The molecule has 0 aromatic heterocycles. The Morgan fingerprint density at radius 3 is 1.97 bits per heavy atom. The largest absolute Gasteiger partial charge is 0.336 e. The molecule has 3 aromatic rings. The van der Waals surface area contributed by atoms with Crippen molar-refractivity contribution in [2.24, 2.45) is 0 Å². The number of hydrogen-bond donors (Lipinski definition) is 0. The molecule has 3 aromatic carbocycles. The van der Waals surface area contributed by atoms with Crippen LogP contribution >= 0.6 is 11.6 Å². The first-order valence-corrected chi connectivity index (χ1v) is 12.0. The van der Waals surface area contributed by atoms with Gasteiger partial charge in [0.15, 0.2) is 0 Å². The Morgan fingerprint density at radius 1 is 0.750 bits per heavy atom. The van der Waals surface area contributed by atoms with E-state index < -0.39 is 0 Å². The van der Waals surface area contributed by atoms with Crippen LogP contribution in [0.25, 0.3) is 0 Å². The van der Waals surface area contributed by atoms with E-state index in [2.05, 4.69) is 65.6 Å². The zero-order valence-electron chi connectivity index (χ0n) is 18.2. The molecule has 0 bridgehead atoms. The van der Waals surface area contributed by atoms with Crippen molar-refractivity contribution in [3.63, 3.8) is 0 Å². The van der Waals surface area contributed by atoms with Crippen molar-refractivity contribution in [3.05, 3.63) is 107 Å². The monoisotopic (exact) mass is 444 g/mol. The van der Waals surface area contributed by atoms with E-state index in [9.17, 15) is 4.79 Å². The fourth-order valence-electron chi connectivity index (χ4n) is 5.41. The summed E-state index contributed by atoms with van der Waals surface area (Å²) in [6.07, 6.45) is 2.35. The van der Waals surface area contributed by atoms with E-state index in [1.54, 1.807) is 12.1 Å². The van der Waals surface area contributed by atoms with Crippen molar-refractivity contribution < 1.29 is 4.79 Å². The van der Waals surface area contributed by atoms with Crippen molar-refractivity contribution in [2.45, 2.75) is 30.7 Å². The molecule has 164 valence electrons. The molecule has 0 N–H and O–H groups in total. The molecule has 2 heterocycles. The Kier molecular flexibility index (Phi) is 6.29. The molecule has 0 radical (unpaired) electrons. The first-order valence-electron chi connectivity index (χ1n) is 11.6. The molecule has 2 fully saturated rings. The minimum absolute atomic E-state index is 0.101. The number of benzene rings is 3. The smallest absolute Gasteiger partial charge is 0.253 e. The number of rotatable bonds is 4. The van der Waals surface area contributed by atoms with E-state index >= 15 is 0 Å². The van der Waals surface area contributed by atoms with Crippen molar-refractivity contribution in [2.75, 3.05) is 26.2 Å². The first-order chi connectivity index (χ1) is 15.7. The molecular formula is C28H29ClN2O. The maximum Gasteiger partial charge on any atom is 0.253 e. The Morgan fingerprint density at radius 2 is 1.34 bits per heavy atom. The number of amides is 1. The van der Waals surface area contributed by atoms with E-state index in [0.717, 1.165) is 26.2 Å². The molecule has 3 nitrogen and oxygen atoms in total. The van der Waals surface area contributed by atoms with E-state index in [4.69, 9.17) is 11.6 Å². The number of nitrogens with zero attached hydrogens (tertiary/aromatic N) is 2. The second-order valence-corrected chi connectivity index (χ2v) is 9.46. The molecule has 0 unspecified atom stereocenters. The van der Waals surface area contributed by atoms with Crippen LogP contribution in [0.2, 0.25) is 5.02 Å². The van der Waals surface area contributed by atoms with Crippen LogP contribution in [0.4, 0.5) is 0 Å². The molecular weight excluding hydrogens is 416 g/mol. The predicted molar refractivity (Wildman–Crippen MR) is 130 cm³/mol. The van der Waals surface area contributed by atoms with Crippen molar-refractivity contribution in [1.29, 1.82) is 0 Å². The summed E-state index contributed by atoms with van der Waals surface area (Å²) in [6.45, 7) is 3.69. The summed E-state index contributed by atoms with van der Waals surface area (Å²) in [6, 6.07) is 29.2. The highest BCUT2D eigenvalue weighted by Gasteiger charge is 2.40. The Hall–Kier alpha value is -2.62. The number of hydrogen-bond acceptors (Lipinski definition) is 2. The van der Waals surface area contributed by atoms with Crippen LogP contribution in [0.15, 0.2) is 84.9 Å². The molecule has 4 heteroatoms. The Balaban J connectivity index is 1.33. The van der Waals surface area contributed by atoms with Gasteiger partial charge >= 0.3 is 0 Å². The lowest BCUT2D eigenvalue weighted by Gasteiger charge is -2.38. The van der Waals surface area contributed by atoms with Crippen LogP contribution in [0.1, 0.15) is 46.2 Å². The van der Waals surface area contributed by atoms with Crippen molar-refractivity contribution in [3.8, 4) is 0 Å². The zero-order valence-corrected chi connectivity index (χ0v) is 19.0. The average Bonchev–Trinajstić information content (AvgIpc) is 3.31. The summed E-state index contributed by atoms with van der Waals surface area (Å²) in [5.74, 6) is 1.07. The topological polar surface area (TPSA) is 23.6 Å². The number of halogens is 1. The lowest BCUT2D eigenvalue weighted by Crippen LogP contribution is -2.45. The van der Waals surface area contributed by atoms with E-state index in [1.165, 1.54) is 24.0 Å². The molecule has 2 saturated heterocycles. The second kappa shape index (κ2) is 9.48. The van der Waals surface area contributed by atoms with Gasteiger partial charge < -0.3 is 4.90 Å². The molecule has 5 rings (SSSR count). The summed E-state index contributed by atoms with van der Waals surface area (Å²) in [5.41, 5.74) is 3.50. The zero-order chi connectivity index (χ0) is 21.9. The van der Waals surface area contributed by atoms with Crippen LogP contribution < -0.4 is 0 Å². The maximum atomic E-state index is 13.3. The fraction of sp³-hybridized carbons (Fsp3) is 0.321. The van der Waals surface area contributed by atoms with Gasteiger partial charge in [-0.1, -0.05) is 72.3 Å². The van der Waals surface area contributed by atoms with Gasteiger partial charge in [-0.25, -0.2) is 0 Å². The highest BCUT2D eigenvalue weighted by molar-refractivity contribution is 6.30. The number of likely N-dealkylation sites (tertiary alicyclic amines) is 2. The molecule has 2 atom stereocenters. The third-order valence-corrected chi connectivity index (χ3v) is 7.42. The van der Waals surface area contributed by atoms with Gasteiger partial charge in [-0.2, -0.15) is 0 Å². The Labute approximate surface area is 195 Å². The molecule has 32 heavy (non-hydrogen) atoms. The predicted octanol–water partition coefficient (Wildman–Crippen LogP) is 5.83. The van der Waals surface area contributed by atoms with Gasteiger partial charge in [0, 0.05) is 35.6 Å². The van der Waals surface area contributed by atoms with Gasteiger partial charge in [0.1, 0.15) is 0 Å². The summed E-state index contributed by atoms with van der Waals surface area (Å²) < 4.78 is 0. The summed E-state index contributed by atoms with van der Waals surface area (Å²) in [5, 5.41) is 0.657. The van der Waals surface area contributed by atoms with Crippen molar-refractivity contribution in [1.82, 2.24) is 9.80 Å². The minimum Gasteiger partial charge on any atom is -0.336 e. The average molecular weight is 445 g/mol. The molecule has 2 aliphatic rings. The van der Waals surface area contributed by atoms with Crippen molar-refractivity contribution >= 4 is 17.5 Å². The van der Waals surface area contributed by atoms with Gasteiger partial charge in [0.2, 0.25) is 0 Å². The normalized spacial score (nSPS) is 22.2.